The number of imidazole rings is 1. The molecule has 6 rings (SSSR count). The van der Waals surface area contributed by atoms with Crippen molar-refractivity contribution in [3.05, 3.63) is 53.6 Å². The molecule has 1 aliphatic heterocycles. The smallest absolute Gasteiger partial charge is 0.356 e. The maximum Gasteiger partial charge on any atom is 0.419 e. The Labute approximate surface area is 191 Å². The van der Waals surface area contributed by atoms with Gasteiger partial charge in [0, 0.05) is 30.5 Å². The summed E-state index contributed by atoms with van der Waals surface area (Å²) < 4.78 is 52.9. The molecule has 4 heterocycles. The van der Waals surface area contributed by atoms with Crippen LogP contribution in [0.1, 0.15) is 54.6 Å². The molecule has 1 saturated heterocycles. The topological polar surface area (TPSA) is 86.4 Å². The summed E-state index contributed by atoms with van der Waals surface area (Å²) in [6.45, 7) is 1.52. The predicted molar refractivity (Wildman–Crippen MR) is 117 cm³/mol. The summed E-state index contributed by atoms with van der Waals surface area (Å²) in [7, 11) is 0. The van der Waals surface area contributed by atoms with E-state index in [1.165, 1.54) is 18.6 Å². The second-order valence-corrected chi connectivity index (χ2v) is 8.94. The van der Waals surface area contributed by atoms with E-state index in [0.29, 0.717) is 17.3 Å². The van der Waals surface area contributed by atoms with Crippen molar-refractivity contribution in [2.45, 2.75) is 43.7 Å². The third-order valence-corrected chi connectivity index (χ3v) is 6.70. The lowest BCUT2D eigenvalue weighted by Gasteiger charge is -2.32. The zero-order valence-corrected chi connectivity index (χ0v) is 18.0. The average molecular weight is 471 g/mol. The minimum Gasteiger partial charge on any atom is -0.356 e. The van der Waals surface area contributed by atoms with Gasteiger partial charge in [-0.2, -0.15) is 18.3 Å². The van der Waals surface area contributed by atoms with Crippen LogP contribution < -0.4 is 4.90 Å². The summed E-state index contributed by atoms with van der Waals surface area (Å²) in [5, 5.41) is 8.48. The Balaban J connectivity index is 1.20. The number of H-pyrrole nitrogens is 2. The van der Waals surface area contributed by atoms with E-state index >= 15 is 0 Å². The molecule has 0 radical (unpaired) electrons. The summed E-state index contributed by atoms with van der Waals surface area (Å²) in [5.74, 6) is 0.965. The molecular formula is C23H21F4N7. The minimum atomic E-state index is -4.75. The fourth-order valence-corrected chi connectivity index (χ4v) is 4.73. The number of aromatic nitrogens is 6. The van der Waals surface area contributed by atoms with Crippen molar-refractivity contribution in [3.8, 4) is 11.3 Å². The van der Waals surface area contributed by atoms with Crippen LogP contribution in [0.2, 0.25) is 0 Å². The molecule has 11 heteroatoms. The zero-order chi connectivity index (χ0) is 23.4. The van der Waals surface area contributed by atoms with Gasteiger partial charge >= 0.3 is 6.18 Å². The van der Waals surface area contributed by atoms with Crippen molar-refractivity contribution >= 4 is 16.9 Å². The molecule has 1 aromatic carbocycles. The fourth-order valence-electron chi connectivity index (χ4n) is 4.73. The molecule has 0 amide bonds. The molecule has 1 saturated carbocycles. The Hall–Kier alpha value is -3.50. The number of rotatable bonds is 4. The standard InChI is InChI=1S/C23H21F4N7/c24-16-4-3-14(9-15(16)23(25,26)27)17-10-28-20(31-17)13-5-7-34(8-6-13)22-18-19(12-1-2-12)32-33-21(18)29-11-30-22/h3-4,9-13H,1-2,5-8H2,(H,28,31)(H,29,30,32,33). The van der Waals surface area contributed by atoms with E-state index < -0.39 is 17.6 Å². The largest absolute Gasteiger partial charge is 0.419 e. The van der Waals surface area contributed by atoms with Crippen LogP contribution in [0.25, 0.3) is 22.3 Å². The zero-order valence-electron chi connectivity index (χ0n) is 18.0. The van der Waals surface area contributed by atoms with Crippen molar-refractivity contribution < 1.29 is 17.6 Å². The Kier molecular flexibility index (Phi) is 4.82. The third-order valence-electron chi connectivity index (χ3n) is 6.70. The molecule has 1 aliphatic carbocycles. The van der Waals surface area contributed by atoms with Gasteiger partial charge in [0.15, 0.2) is 5.65 Å². The van der Waals surface area contributed by atoms with Gasteiger partial charge in [0.05, 0.1) is 28.5 Å². The quantitative estimate of drug-likeness (QED) is 0.402. The second kappa shape index (κ2) is 7.78. The Morgan fingerprint density at radius 3 is 2.50 bits per heavy atom. The highest BCUT2D eigenvalue weighted by atomic mass is 19.4. The van der Waals surface area contributed by atoms with Crippen LogP contribution in [-0.2, 0) is 6.18 Å². The Morgan fingerprint density at radius 1 is 0.971 bits per heavy atom. The van der Waals surface area contributed by atoms with E-state index in [9.17, 15) is 17.6 Å². The molecule has 2 fully saturated rings. The van der Waals surface area contributed by atoms with E-state index in [4.69, 9.17) is 0 Å². The number of anilines is 1. The van der Waals surface area contributed by atoms with Gasteiger partial charge in [0.2, 0.25) is 0 Å². The van der Waals surface area contributed by atoms with Gasteiger partial charge in [-0.15, -0.1) is 0 Å². The van der Waals surface area contributed by atoms with Crippen molar-refractivity contribution in [2.24, 2.45) is 0 Å². The number of hydrogen-bond acceptors (Lipinski definition) is 5. The number of nitrogens with one attached hydrogen (secondary N) is 2. The van der Waals surface area contributed by atoms with Crippen molar-refractivity contribution in [1.82, 2.24) is 30.1 Å². The molecule has 176 valence electrons. The first-order valence-electron chi connectivity index (χ1n) is 11.2. The summed E-state index contributed by atoms with van der Waals surface area (Å²) in [4.78, 5) is 18.7. The van der Waals surface area contributed by atoms with E-state index in [0.717, 1.165) is 73.6 Å². The Bertz CT molecular complexity index is 1350. The highest BCUT2D eigenvalue weighted by molar-refractivity contribution is 5.90. The van der Waals surface area contributed by atoms with Crippen molar-refractivity contribution in [3.63, 3.8) is 0 Å². The number of benzene rings is 1. The maximum atomic E-state index is 13.6. The van der Waals surface area contributed by atoms with Crippen LogP contribution >= 0.6 is 0 Å². The molecular weight excluding hydrogens is 450 g/mol. The highest BCUT2D eigenvalue weighted by Crippen LogP contribution is 2.44. The molecule has 3 aromatic heterocycles. The lowest BCUT2D eigenvalue weighted by atomic mass is 9.96. The van der Waals surface area contributed by atoms with Gasteiger partial charge in [-0.05, 0) is 43.9 Å². The molecule has 34 heavy (non-hydrogen) atoms. The molecule has 0 atom stereocenters. The molecule has 4 aromatic rings. The Morgan fingerprint density at radius 2 is 1.76 bits per heavy atom. The van der Waals surface area contributed by atoms with Crippen LogP contribution in [0.15, 0.2) is 30.7 Å². The SMILES string of the molecule is Fc1ccc(-c2cnc(C3CCN(c4ncnc5n[nH]c(C6CC6)c45)CC3)[nH]2)cc1C(F)(F)F. The minimum absolute atomic E-state index is 0.136. The van der Waals surface area contributed by atoms with Gasteiger partial charge in [-0.1, -0.05) is 0 Å². The third kappa shape index (κ3) is 3.68. The molecule has 2 aliphatic rings. The van der Waals surface area contributed by atoms with Gasteiger partial charge in [-0.3, -0.25) is 5.10 Å². The molecule has 0 spiro atoms. The number of fused-ring (bicyclic) bond motifs is 1. The molecule has 7 nitrogen and oxygen atoms in total. The van der Waals surface area contributed by atoms with Crippen LogP contribution in [-0.4, -0.2) is 43.2 Å². The maximum absolute atomic E-state index is 13.6. The van der Waals surface area contributed by atoms with E-state index in [2.05, 4.69) is 35.0 Å². The molecule has 2 N–H and O–H groups in total. The van der Waals surface area contributed by atoms with Crippen LogP contribution in [0.5, 0.6) is 0 Å². The van der Waals surface area contributed by atoms with E-state index in [1.54, 1.807) is 0 Å². The summed E-state index contributed by atoms with van der Waals surface area (Å²) in [6.07, 6.45) is 2.21. The first kappa shape index (κ1) is 21.1. The van der Waals surface area contributed by atoms with E-state index in [-0.39, 0.29) is 11.5 Å². The summed E-state index contributed by atoms with van der Waals surface area (Å²) in [6, 6.07) is 2.98. The second-order valence-electron chi connectivity index (χ2n) is 8.94. The van der Waals surface area contributed by atoms with Crippen molar-refractivity contribution in [2.75, 3.05) is 18.0 Å². The molecule has 0 bridgehead atoms. The van der Waals surface area contributed by atoms with Gasteiger partial charge in [0.1, 0.15) is 23.8 Å². The first-order chi connectivity index (χ1) is 16.4. The lowest BCUT2D eigenvalue weighted by Crippen LogP contribution is -2.34. The predicted octanol–water partition coefficient (Wildman–Crippen LogP) is 5.16. The average Bonchev–Trinajstić information content (AvgIpc) is 3.38. The number of halogens is 4. The van der Waals surface area contributed by atoms with Crippen LogP contribution in [0.4, 0.5) is 23.4 Å². The fraction of sp³-hybridized carbons (Fsp3) is 0.391. The lowest BCUT2D eigenvalue weighted by molar-refractivity contribution is -0.139. The van der Waals surface area contributed by atoms with Crippen LogP contribution in [0.3, 0.4) is 0 Å². The van der Waals surface area contributed by atoms with Crippen molar-refractivity contribution in [1.29, 1.82) is 0 Å². The highest BCUT2D eigenvalue weighted by Gasteiger charge is 2.35. The number of hydrogen-bond donors (Lipinski definition) is 2. The van der Waals surface area contributed by atoms with Gasteiger partial charge < -0.3 is 9.88 Å². The van der Waals surface area contributed by atoms with Crippen LogP contribution in [0, 0.1) is 5.82 Å². The first-order valence-corrected chi connectivity index (χ1v) is 11.2. The van der Waals surface area contributed by atoms with Gasteiger partial charge in [-0.25, -0.2) is 19.3 Å². The van der Waals surface area contributed by atoms with E-state index in [1.807, 2.05) is 0 Å². The number of aromatic amines is 2. The number of alkyl halides is 3. The van der Waals surface area contributed by atoms with Gasteiger partial charge in [0.25, 0.3) is 0 Å². The number of nitrogens with zero attached hydrogens (tertiary/aromatic N) is 5. The monoisotopic (exact) mass is 471 g/mol. The summed E-state index contributed by atoms with van der Waals surface area (Å²) >= 11 is 0. The number of piperidine rings is 1. The molecule has 0 unspecified atom stereocenters. The summed E-state index contributed by atoms with van der Waals surface area (Å²) in [5.41, 5.74) is 1.20. The normalized spacial score (nSPS) is 17.6.